The molecule has 0 saturated carbocycles. The molecule has 6 nitrogen and oxygen atoms in total. The summed E-state index contributed by atoms with van der Waals surface area (Å²) in [5.74, 6) is 0. The van der Waals surface area contributed by atoms with Crippen molar-refractivity contribution in [2.45, 2.75) is 31.0 Å². The molecule has 0 radical (unpaired) electrons. The maximum absolute atomic E-state index is 13.4. The third-order valence-corrected chi connectivity index (χ3v) is 7.33. The van der Waals surface area contributed by atoms with Crippen LogP contribution in [0.2, 0.25) is 5.02 Å². The van der Waals surface area contributed by atoms with Gasteiger partial charge >= 0.3 is 12.2 Å². The first kappa shape index (κ1) is 25.8. The first-order chi connectivity index (χ1) is 16.9. The summed E-state index contributed by atoms with van der Waals surface area (Å²) in [4.78, 5) is 16.2. The van der Waals surface area contributed by atoms with Gasteiger partial charge in [-0.15, -0.1) is 0 Å². The van der Waals surface area contributed by atoms with Gasteiger partial charge < -0.3 is 4.90 Å². The number of rotatable bonds is 6. The molecule has 0 atom stereocenters. The van der Waals surface area contributed by atoms with E-state index in [0.29, 0.717) is 30.8 Å². The number of aryl methyl sites for hydroxylation is 1. The van der Waals surface area contributed by atoms with E-state index in [0.717, 1.165) is 17.7 Å². The number of alkyl halides is 3. The summed E-state index contributed by atoms with van der Waals surface area (Å²) in [6.45, 7) is 2.47. The van der Waals surface area contributed by atoms with Gasteiger partial charge in [-0.3, -0.25) is 9.62 Å². The predicted molar refractivity (Wildman–Crippen MR) is 133 cm³/mol. The number of carbonyl (C=O) groups is 1. The summed E-state index contributed by atoms with van der Waals surface area (Å²) >= 11 is 5.96. The smallest absolute Gasteiger partial charge is 0.320 e. The van der Waals surface area contributed by atoms with Crippen molar-refractivity contribution < 1.29 is 26.4 Å². The molecule has 3 aromatic rings. The number of carbonyl (C=O) groups excluding carboxylic acids is 1. The zero-order chi connectivity index (χ0) is 26.1. The summed E-state index contributed by atoms with van der Waals surface area (Å²) < 4.78 is 67.9. The van der Waals surface area contributed by atoms with Crippen LogP contribution in [0.1, 0.15) is 23.1 Å². The number of nitrogens with zero attached hydrogens (tertiary/aromatic N) is 2. The quantitative estimate of drug-likeness (QED) is 0.401. The van der Waals surface area contributed by atoms with Gasteiger partial charge in [-0.25, -0.2) is 13.2 Å². The van der Waals surface area contributed by atoms with Gasteiger partial charge in [0.25, 0.3) is 10.0 Å². The summed E-state index contributed by atoms with van der Waals surface area (Å²) in [6.07, 6.45) is -3.93. The second-order valence-corrected chi connectivity index (χ2v) is 10.6. The van der Waals surface area contributed by atoms with Crippen molar-refractivity contribution in [1.82, 2.24) is 4.90 Å². The lowest BCUT2D eigenvalue weighted by Crippen LogP contribution is -2.49. The standard InChI is InChI=1S/C25H23ClF3N3O3S/c1-17-9-10-23(22(13-17)30-36(34,35)21-8-3-7-20(26)15-21)32-12-4-11-31(24(32)33)16-18-5-2-6-19(14-18)25(27,28)29/h2-3,5-10,13-15,30H,4,11-12,16H2,1H3. The molecule has 3 aromatic carbocycles. The molecule has 1 saturated heterocycles. The molecule has 2 amide bonds. The van der Waals surface area contributed by atoms with Crippen molar-refractivity contribution in [3.05, 3.63) is 88.4 Å². The van der Waals surface area contributed by atoms with E-state index < -0.39 is 27.8 Å². The number of urea groups is 1. The average molecular weight is 538 g/mol. The minimum Gasteiger partial charge on any atom is -0.320 e. The molecule has 190 valence electrons. The van der Waals surface area contributed by atoms with Crippen LogP contribution in [-0.2, 0) is 22.7 Å². The van der Waals surface area contributed by atoms with Crippen LogP contribution in [0.4, 0.5) is 29.3 Å². The van der Waals surface area contributed by atoms with Gasteiger partial charge in [0, 0.05) is 24.7 Å². The topological polar surface area (TPSA) is 69.7 Å². The molecule has 0 spiro atoms. The highest BCUT2D eigenvalue weighted by Crippen LogP contribution is 2.33. The maximum atomic E-state index is 13.4. The second-order valence-electron chi connectivity index (χ2n) is 8.49. The number of amides is 2. The molecule has 1 N–H and O–H groups in total. The molecular weight excluding hydrogens is 515 g/mol. The van der Waals surface area contributed by atoms with Gasteiger partial charge in [-0.2, -0.15) is 13.2 Å². The van der Waals surface area contributed by atoms with Crippen molar-refractivity contribution in [2.24, 2.45) is 0 Å². The van der Waals surface area contributed by atoms with E-state index in [9.17, 15) is 26.4 Å². The third-order valence-electron chi connectivity index (χ3n) is 5.73. The van der Waals surface area contributed by atoms with E-state index in [4.69, 9.17) is 11.6 Å². The zero-order valence-corrected chi connectivity index (χ0v) is 20.8. The molecule has 1 heterocycles. The Morgan fingerprint density at radius 1 is 1.00 bits per heavy atom. The van der Waals surface area contributed by atoms with E-state index in [1.54, 1.807) is 31.2 Å². The summed E-state index contributed by atoms with van der Waals surface area (Å²) in [5.41, 5.74) is 0.908. The van der Waals surface area contributed by atoms with Gasteiger partial charge in [0.15, 0.2) is 0 Å². The summed E-state index contributed by atoms with van der Waals surface area (Å²) in [5, 5.41) is 0.263. The van der Waals surface area contributed by atoms with Crippen LogP contribution in [0, 0.1) is 6.92 Å². The second kappa shape index (κ2) is 10.0. The number of sulfonamides is 1. The van der Waals surface area contributed by atoms with Crippen molar-refractivity contribution in [3.63, 3.8) is 0 Å². The molecular formula is C25H23ClF3N3O3S. The van der Waals surface area contributed by atoms with Gasteiger partial charge in [-0.1, -0.05) is 35.9 Å². The minimum absolute atomic E-state index is 0.00527. The Bertz CT molecular complexity index is 1400. The van der Waals surface area contributed by atoms with E-state index in [2.05, 4.69) is 4.72 Å². The predicted octanol–water partition coefficient (Wildman–Crippen LogP) is 6.30. The fraction of sp³-hybridized carbons (Fsp3) is 0.240. The third kappa shape index (κ3) is 5.76. The fourth-order valence-corrected chi connectivity index (χ4v) is 5.39. The van der Waals surface area contributed by atoms with E-state index in [-0.39, 0.29) is 22.2 Å². The first-order valence-electron chi connectivity index (χ1n) is 11.1. The highest BCUT2D eigenvalue weighted by Gasteiger charge is 2.32. The van der Waals surface area contributed by atoms with Crippen molar-refractivity contribution in [3.8, 4) is 0 Å². The van der Waals surface area contributed by atoms with Gasteiger partial charge in [-0.05, 0) is 66.9 Å². The Balaban J connectivity index is 1.61. The van der Waals surface area contributed by atoms with Crippen molar-refractivity contribution >= 4 is 39.0 Å². The molecule has 0 bridgehead atoms. The van der Waals surface area contributed by atoms with Crippen LogP contribution in [-0.4, -0.2) is 32.4 Å². The molecule has 1 fully saturated rings. The summed E-state index contributed by atoms with van der Waals surface area (Å²) in [7, 11) is -4.00. The Kier molecular flexibility index (Phi) is 7.19. The highest BCUT2D eigenvalue weighted by molar-refractivity contribution is 7.92. The van der Waals surface area contributed by atoms with Gasteiger partial charge in [0.2, 0.25) is 0 Å². The molecule has 0 aromatic heterocycles. The summed E-state index contributed by atoms with van der Waals surface area (Å²) in [6, 6.07) is 15.3. The average Bonchev–Trinajstić information content (AvgIpc) is 2.80. The molecule has 36 heavy (non-hydrogen) atoms. The van der Waals surface area contributed by atoms with Gasteiger partial charge in [0.1, 0.15) is 0 Å². The Labute approximate surface area is 212 Å². The fourth-order valence-electron chi connectivity index (χ4n) is 4.02. The molecule has 0 unspecified atom stereocenters. The molecule has 4 rings (SSSR count). The molecule has 11 heteroatoms. The number of benzene rings is 3. The molecule has 1 aliphatic heterocycles. The number of halogens is 4. The van der Waals surface area contributed by atoms with E-state index >= 15 is 0 Å². The van der Waals surface area contributed by atoms with Crippen LogP contribution in [0.25, 0.3) is 0 Å². The zero-order valence-electron chi connectivity index (χ0n) is 19.2. The lowest BCUT2D eigenvalue weighted by Gasteiger charge is -2.36. The van der Waals surface area contributed by atoms with E-state index in [1.165, 1.54) is 40.1 Å². The monoisotopic (exact) mass is 537 g/mol. The highest BCUT2D eigenvalue weighted by atomic mass is 35.5. The van der Waals surface area contributed by atoms with Crippen molar-refractivity contribution in [1.29, 1.82) is 0 Å². The Morgan fingerprint density at radius 2 is 1.75 bits per heavy atom. The normalized spacial score (nSPS) is 14.8. The molecule has 0 aliphatic carbocycles. The first-order valence-corrected chi connectivity index (χ1v) is 12.9. The van der Waals surface area contributed by atoms with Crippen molar-refractivity contribution in [2.75, 3.05) is 22.7 Å². The lowest BCUT2D eigenvalue weighted by molar-refractivity contribution is -0.137. The van der Waals surface area contributed by atoms with Crippen LogP contribution >= 0.6 is 11.6 Å². The van der Waals surface area contributed by atoms with Crippen LogP contribution in [0.5, 0.6) is 0 Å². The van der Waals surface area contributed by atoms with Gasteiger partial charge in [0.05, 0.1) is 21.8 Å². The van der Waals surface area contributed by atoms with Crippen LogP contribution < -0.4 is 9.62 Å². The number of hydrogen-bond donors (Lipinski definition) is 1. The largest absolute Gasteiger partial charge is 0.416 e. The Hall–Kier alpha value is -3.24. The number of nitrogens with one attached hydrogen (secondary N) is 1. The molecule has 1 aliphatic rings. The van der Waals surface area contributed by atoms with Crippen LogP contribution in [0.15, 0.2) is 71.6 Å². The van der Waals surface area contributed by atoms with E-state index in [1.807, 2.05) is 0 Å². The Morgan fingerprint density at radius 3 is 2.47 bits per heavy atom. The number of anilines is 2. The number of hydrogen-bond acceptors (Lipinski definition) is 3. The minimum atomic E-state index is -4.48. The SMILES string of the molecule is Cc1ccc(N2CCCN(Cc3cccc(C(F)(F)F)c3)C2=O)c(NS(=O)(=O)c2cccc(Cl)c2)c1. The maximum Gasteiger partial charge on any atom is 0.416 e. The lowest BCUT2D eigenvalue weighted by atomic mass is 10.1. The van der Waals surface area contributed by atoms with Crippen LogP contribution in [0.3, 0.4) is 0 Å².